The van der Waals surface area contributed by atoms with E-state index in [4.69, 9.17) is 0 Å². The molecule has 1 atom stereocenters. The predicted octanol–water partition coefficient (Wildman–Crippen LogP) is 4.74. The lowest BCUT2D eigenvalue weighted by Gasteiger charge is -2.17. The smallest absolute Gasteiger partial charge is 0.138 e. The molecule has 0 spiro atoms. The molecule has 0 aliphatic heterocycles. The molecule has 0 aliphatic rings. The first kappa shape index (κ1) is 15.7. The molecule has 1 nitrogen and oxygen atoms in total. The van der Waals surface area contributed by atoms with Crippen molar-refractivity contribution in [1.82, 2.24) is 0 Å². The van der Waals surface area contributed by atoms with E-state index in [1.807, 2.05) is 19.9 Å². The normalized spacial score (nSPS) is 12.5. The number of hydrogen-bond donors (Lipinski definition) is 0. The monoisotopic (exact) mass is 258 g/mol. The fraction of sp³-hybridized carbons (Fsp3) is 0.500. The molecule has 0 N–H and O–H groups in total. The van der Waals surface area contributed by atoms with Gasteiger partial charge < -0.3 is 0 Å². The van der Waals surface area contributed by atoms with Crippen molar-refractivity contribution >= 4 is 11.9 Å². The van der Waals surface area contributed by atoms with Gasteiger partial charge in [0, 0.05) is 11.8 Å². The standard InChI is InChI=1S/C18H26O/c1-7-16-10-15(9-13(5)14(16)6)11-17(8-2)18(19)12(3)4/h7,9-10,12,17H,1,8,11H2,2-6H3. The number of carbonyl (C=O) groups excluding carboxylic acids is 1. The van der Waals surface area contributed by atoms with Crippen LogP contribution in [0.5, 0.6) is 0 Å². The second kappa shape index (κ2) is 6.70. The molecule has 0 aromatic heterocycles. The molecule has 0 saturated heterocycles. The largest absolute Gasteiger partial charge is 0.299 e. The predicted molar refractivity (Wildman–Crippen MR) is 83.3 cm³/mol. The van der Waals surface area contributed by atoms with Gasteiger partial charge in [0.1, 0.15) is 5.78 Å². The van der Waals surface area contributed by atoms with Gasteiger partial charge in [-0.3, -0.25) is 4.79 Å². The van der Waals surface area contributed by atoms with Crippen LogP contribution < -0.4 is 0 Å². The van der Waals surface area contributed by atoms with E-state index in [-0.39, 0.29) is 11.8 Å². The number of ketones is 1. The molecule has 1 aromatic rings. The third kappa shape index (κ3) is 3.79. The van der Waals surface area contributed by atoms with E-state index in [9.17, 15) is 4.79 Å². The lowest BCUT2D eigenvalue weighted by atomic mass is 9.86. The quantitative estimate of drug-likeness (QED) is 0.720. The summed E-state index contributed by atoms with van der Waals surface area (Å²) in [5.41, 5.74) is 4.99. The van der Waals surface area contributed by atoms with Crippen LogP contribution >= 0.6 is 0 Å². The zero-order chi connectivity index (χ0) is 14.6. The number of hydrogen-bond acceptors (Lipinski definition) is 1. The number of Topliss-reactive ketones (excluding diaryl/α,β-unsaturated/α-hetero) is 1. The van der Waals surface area contributed by atoms with Crippen LogP contribution in [0.1, 0.15) is 49.4 Å². The molecule has 0 fully saturated rings. The third-order valence-electron chi connectivity index (χ3n) is 3.93. The summed E-state index contributed by atoms with van der Waals surface area (Å²) < 4.78 is 0. The van der Waals surface area contributed by atoms with Crippen molar-refractivity contribution < 1.29 is 4.79 Å². The minimum absolute atomic E-state index is 0.121. The van der Waals surface area contributed by atoms with Crippen LogP contribution in [0.15, 0.2) is 18.7 Å². The molecule has 0 aliphatic carbocycles. The Morgan fingerprint density at radius 2 is 1.95 bits per heavy atom. The molecule has 1 heteroatoms. The molecule has 0 radical (unpaired) electrons. The van der Waals surface area contributed by atoms with Crippen LogP contribution in [0.2, 0.25) is 0 Å². The van der Waals surface area contributed by atoms with Crippen molar-refractivity contribution in [3.63, 3.8) is 0 Å². The lowest BCUT2D eigenvalue weighted by Crippen LogP contribution is -2.21. The molecule has 0 heterocycles. The number of benzene rings is 1. The zero-order valence-corrected chi connectivity index (χ0v) is 12.9. The van der Waals surface area contributed by atoms with Gasteiger partial charge in [-0.2, -0.15) is 0 Å². The summed E-state index contributed by atoms with van der Waals surface area (Å²) in [5, 5.41) is 0. The summed E-state index contributed by atoms with van der Waals surface area (Å²) in [7, 11) is 0. The van der Waals surface area contributed by atoms with Gasteiger partial charge in [0.05, 0.1) is 0 Å². The van der Waals surface area contributed by atoms with Gasteiger partial charge in [-0.05, 0) is 48.9 Å². The number of rotatable bonds is 6. The molecule has 1 unspecified atom stereocenters. The Balaban J connectivity index is 3.01. The highest BCUT2D eigenvalue weighted by molar-refractivity contribution is 5.83. The molecule has 0 saturated carbocycles. The molecular formula is C18H26O. The van der Waals surface area contributed by atoms with E-state index in [1.54, 1.807) is 0 Å². The first-order chi connectivity index (χ1) is 8.90. The average Bonchev–Trinajstić information content (AvgIpc) is 2.38. The van der Waals surface area contributed by atoms with Crippen LogP contribution in [0.3, 0.4) is 0 Å². The Kier molecular flexibility index (Phi) is 5.53. The molecule has 0 bridgehead atoms. The van der Waals surface area contributed by atoms with Gasteiger partial charge in [-0.1, -0.05) is 45.6 Å². The summed E-state index contributed by atoms with van der Waals surface area (Å²) >= 11 is 0. The van der Waals surface area contributed by atoms with Crippen LogP contribution in [-0.4, -0.2) is 5.78 Å². The van der Waals surface area contributed by atoms with E-state index < -0.39 is 0 Å². The summed E-state index contributed by atoms with van der Waals surface area (Å²) in [6.45, 7) is 14.2. The number of aryl methyl sites for hydroxylation is 1. The second-order valence-corrected chi connectivity index (χ2v) is 5.70. The van der Waals surface area contributed by atoms with Crippen molar-refractivity contribution in [2.45, 2.75) is 47.5 Å². The summed E-state index contributed by atoms with van der Waals surface area (Å²) in [4.78, 5) is 12.2. The number of carbonyl (C=O) groups is 1. The van der Waals surface area contributed by atoms with Gasteiger partial charge in [-0.25, -0.2) is 0 Å². The van der Waals surface area contributed by atoms with E-state index in [1.165, 1.54) is 22.3 Å². The van der Waals surface area contributed by atoms with Crippen molar-refractivity contribution in [3.05, 3.63) is 41.0 Å². The zero-order valence-electron chi connectivity index (χ0n) is 12.9. The van der Waals surface area contributed by atoms with E-state index in [0.717, 1.165) is 12.8 Å². The first-order valence-corrected chi connectivity index (χ1v) is 7.16. The minimum Gasteiger partial charge on any atom is -0.299 e. The van der Waals surface area contributed by atoms with Gasteiger partial charge in [0.2, 0.25) is 0 Å². The van der Waals surface area contributed by atoms with Crippen LogP contribution in [0.25, 0.3) is 6.08 Å². The van der Waals surface area contributed by atoms with Crippen molar-refractivity contribution in [1.29, 1.82) is 0 Å². The molecule has 0 amide bonds. The molecule has 1 rings (SSSR count). The second-order valence-electron chi connectivity index (χ2n) is 5.70. The maximum atomic E-state index is 12.2. The Hall–Kier alpha value is -1.37. The van der Waals surface area contributed by atoms with Crippen LogP contribution in [0.4, 0.5) is 0 Å². The third-order valence-corrected chi connectivity index (χ3v) is 3.93. The highest BCUT2D eigenvalue weighted by Gasteiger charge is 2.20. The first-order valence-electron chi connectivity index (χ1n) is 7.16. The summed E-state index contributed by atoms with van der Waals surface area (Å²) in [6.07, 6.45) is 3.65. The topological polar surface area (TPSA) is 17.1 Å². The van der Waals surface area contributed by atoms with Crippen molar-refractivity contribution in [3.8, 4) is 0 Å². The minimum atomic E-state index is 0.121. The van der Waals surface area contributed by atoms with Crippen LogP contribution in [-0.2, 0) is 11.2 Å². The van der Waals surface area contributed by atoms with E-state index in [0.29, 0.717) is 5.78 Å². The van der Waals surface area contributed by atoms with Gasteiger partial charge in [0.15, 0.2) is 0 Å². The Morgan fingerprint density at radius 1 is 1.32 bits per heavy atom. The van der Waals surface area contributed by atoms with E-state index in [2.05, 4.69) is 39.5 Å². The Morgan fingerprint density at radius 3 is 2.42 bits per heavy atom. The molecule has 19 heavy (non-hydrogen) atoms. The molecular weight excluding hydrogens is 232 g/mol. The lowest BCUT2D eigenvalue weighted by molar-refractivity contribution is -0.125. The maximum Gasteiger partial charge on any atom is 0.138 e. The molecule has 104 valence electrons. The fourth-order valence-electron chi connectivity index (χ4n) is 2.50. The van der Waals surface area contributed by atoms with Gasteiger partial charge in [-0.15, -0.1) is 0 Å². The summed E-state index contributed by atoms with van der Waals surface area (Å²) in [6, 6.07) is 4.38. The SMILES string of the molecule is C=Cc1cc(CC(CC)C(=O)C(C)C)cc(C)c1C. The fourth-order valence-corrected chi connectivity index (χ4v) is 2.50. The van der Waals surface area contributed by atoms with Crippen molar-refractivity contribution in [2.24, 2.45) is 11.8 Å². The maximum absolute atomic E-state index is 12.2. The van der Waals surface area contributed by atoms with Crippen LogP contribution in [0, 0.1) is 25.7 Å². The summed E-state index contributed by atoms with van der Waals surface area (Å²) in [5.74, 6) is 0.635. The highest BCUT2D eigenvalue weighted by Crippen LogP contribution is 2.22. The Bertz CT molecular complexity index is 469. The Labute approximate surface area is 117 Å². The highest BCUT2D eigenvalue weighted by atomic mass is 16.1. The van der Waals surface area contributed by atoms with Gasteiger partial charge >= 0.3 is 0 Å². The average molecular weight is 258 g/mol. The van der Waals surface area contributed by atoms with Crippen molar-refractivity contribution in [2.75, 3.05) is 0 Å². The molecule has 1 aromatic carbocycles. The van der Waals surface area contributed by atoms with Gasteiger partial charge in [0.25, 0.3) is 0 Å². The van der Waals surface area contributed by atoms with E-state index >= 15 is 0 Å².